The second-order valence-electron chi connectivity index (χ2n) is 8.70. The van der Waals surface area contributed by atoms with Crippen LogP contribution in [-0.2, 0) is 24.7 Å². The topological polar surface area (TPSA) is 34.1 Å². The van der Waals surface area contributed by atoms with Crippen molar-refractivity contribution < 1.29 is 35.5 Å². The molecule has 0 spiro atoms. The summed E-state index contributed by atoms with van der Waals surface area (Å²) in [4.78, 5) is 4.37. The van der Waals surface area contributed by atoms with Crippen LogP contribution >= 0.6 is 11.6 Å². The smallest absolute Gasteiger partial charge is 0.406 e. The molecule has 4 aromatic rings. The van der Waals surface area contributed by atoms with Crippen molar-refractivity contribution in [3.8, 4) is 5.75 Å². The first kappa shape index (κ1) is 28.4. The molecule has 0 radical (unpaired) electrons. The van der Waals surface area contributed by atoms with Crippen LogP contribution in [0.3, 0.4) is 0 Å². The number of benzene rings is 3. The van der Waals surface area contributed by atoms with Crippen molar-refractivity contribution in [2.24, 2.45) is 0 Å². The maximum Gasteiger partial charge on any atom is 0.573 e. The molecule has 1 heterocycles. The standard InChI is InChI=1S/C28H20ClF7N2O/c29-22-8-11-25(37-17-22)26(15-18-4-2-1-3-5-18,20-12-21(27(31,32)33)14-23(30)13-20)38-16-19-6-9-24(10-7-19)39-28(34,35)36/h1-14,17,38H,15-16H2. The third kappa shape index (κ3) is 7.27. The molecule has 0 aliphatic carbocycles. The Labute approximate surface area is 224 Å². The normalized spacial score (nSPS) is 13.6. The predicted molar refractivity (Wildman–Crippen MR) is 132 cm³/mol. The summed E-state index contributed by atoms with van der Waals surface area (Å²) in [6.45, 7) is -0.0265. The molecular formula is C28H20ClF7N2O. The van der Waals surface area contributed by atoms with Crippen LogP contribution in [0.1, 0.15) is 27.9 Å². The van der Waals surface area contributed by atoms with Gasteiger partial charge in [0.1, 0.15) is 11.6 Å². The molecule has 1 atom stereocenters. The molecule has 0 bridgehead atoms. The van der Waals surface area contributed by atoms with Gasteiger partial charge in [0, 0.05) is 19.2 Å². The summed E-state index contributed by atoms with van der Waals surface area (Å²) in [6, 6.07) is 19.1. The first-order chi connectivity index (χ1) is 18.3. The van der Waals surface area contributed by atoms with E-state index in [4.69, 9.17) is 11.6 Å². The Hall–Kier alpha value is -3.63. The Balaban J connectivity index is 1.83. The number of nitrogens with one attached hydrogen (secondary N) is 1. The lowest BCUT2D eigenvalue weighted by molar-refractivity contribution is -0.274. The zero-order valence-corrected chi connectivity index (χ0v) is 20.7. The fourth-order valence-corrected chi connectivity index (χ4v) is 4.30. The summed E-state index contributed by atoms with van der Waals surface area (Å²) in [5, 5.41) is 3.50. The average Bonchev–Trinajstić information content (AvgIpc) is 2.87. The number of pyridine rings is 1. The van der Waals surface area contributed by atoms with Crippen molar-refractivity contribution in [2.75, 3.05) is 0 Å². The summed E-state index contributed by atoms with van der Waals surface area (Å²) in [5.41, 5.74) is -1.29. The second-order valence-corrected chi connectivity index (χ2v) is 9.14. The van der Waals surface area contributed by atoms with Gasteiger partial charge in [-0.05, 0) is 59.2 Å². The maximum atomic E-state index is 14.7. The van der Waals surface area contributed by atoms with Gasteiger partial charge >= 0.3 is 12.5 Å². The van der Waals surface area contributed by atoms with Gasteiger partial charge in [0.2, 0.25) is 0 Å². The van der Waals surface area contributed by atoms with Crippen LogP contribution in [0.15, 0.2) is 91.1 Å². The largest absolute Gasteiger partial charge is 0.573 e. The minimum atomic E-state index is -4.86. The highest BCUT2D eigenvalue weighted by Crippen LogP contribution is 2.38. The summed E-state index contributed by atoms with van der Waals surface area (Å²) in [6.07, 6.45) is -8.31. The minimum Gasteiger partial charge on any atom is -0.406 e. The van der Waals surface area contributed by atoms with Crippen molar-refractivity contribution in [3.63, 3.8) is 0 Å². The average molecular weight is 569 g/mol. The van der Waals surface area contributed by atoms with Crippen LogP contribution in [-0.4, -0.2) is 11.3 Å². The Kier molecular flexibility index (Phi) is 8.17. The van der Waals surface area contributed by atoms with Crippen molar-refractivity contribution in [1.29, 1.82) is 0 Å². The van der Waals surface area contributed by atoms with E-state index >= 15 is 0 Å². The summed E-state index contributed by atoms with van der Waals surface area (Å²) >= 11 is 6.03. The molecule has 1 aromatic heterocycles. The number of halogens is 8. The van der Waals surface area contributed by atoms with Gasteiger partial charge in [-0.25, -0.2) is 4.39 Å². The number of rotatable bonds is 8. The molecular weight excluding hydrogens is 549 g/mol. The molecule has 0 saturated heterocycles. The van der Waals surface area contributed by atoms with E-state index in [0.29, 0.717) is 17.2 Å². The lowest BCUT2D eigenvalue weighted by atomic mass is 9.79. The van der Waals surface area contributed by atoms with Crippen molar-refractivity contribution in [2.45, 2.75) is 31.0 Å². The fraction of sp³-hybridized carbons (Fsp3) is 0.179. The molecule has 39 heavy (non-hydrogen) atoms. The summed E-state index contributed by atoms with van der Waals surface area (Å²) < 4.78 is 97.3. The second kappa shape index (κ2) is 11.2. The Morgan fingerprint density at radius 2 is 1.44 bits per heavy atom. The van der Waals surface area contributed by atoms with E-state index in [2.05, 4.69) is 15.0 Å². The van der Waals surface area contributed by atoms with Gasteiger partial charge in [-0.15, -0.1) is 13.2 Å². The van der Waals surface area contributed by atoms with Crippen molar-refractivity contribution in [3.05, 3.63) is 130 Å². The molecule has 3 nitrogen and oxygen atoms in total. The Morgan fingerprint density at radius 3 is 2.03 bits per heavy atom. The molecule has 1 N–H and O–H groups in total. The van der Waals surface area contributed by atoms with Gasteiger partial charge in [0.05, 0.1) is 21.8 Å². The van der Waals surface area contributed by atoms with Gasteiger partial charge in [-0.3, -0.25) is 10.3 Å². The van der Waals surface area contributed by atoms with Crippen LogP contribution in [0.2, 0.25) is 5.02 Å². The van der Waals surface area contributed by atoms with Crippen molar-refractivity contribution in [1.82, 2.24) is 10.3 Å². The molecule has 0 aliphatic rings. The fourth-order valence-electron chi connectivity index (χ4n) is 4.19. The van der Waals surface area contributed by atoms with Crippen LogP contribution in [0.25, 0.3) is 0 Å². The Bertz CT molecular complexity index is 1390. The van der Waals surface area contributed by atoms with E-state index in [9.17, 15) is 30.7 Å². The molecule has 0 saturated carbocycles. The van der Waals surface area contributed by atoms with Crippen molar-refractivity contribution >= 4 is 11.6 Å². The third-order valence-corrected chi connectivity index (χ3v) is 6.17. The summed E-state index contributed by atoms with van der Waals surface area (Å²) in [7, 11) is 0. The molecule has 11 heteroatoms. The third-order valence-electron chi connectivity index (χ3n) is 5.95. The molecule has 0 aliphatic heterocycles. The van der Waals surface area contributed by atoms with Gasteiger partial charge < -0.3 is 4.74 Å². The van der Waals surface area contributed by atoms with Crippen LogP contribution in [0, 0.1) is 5.82 Å². The quantitative estimate of drug-likeness (QED) is 0.218. The highest BCUT2D eigenvalue weighted by molar-refractivity contribution is 6.30. The first-order valence-corrected chi connectivity index (χ1v) is 11.9. The molecule has 4 rings (SSSR count). The van der Waals surface area contributed by atoms with Gasteiger partial charge in [0.15, 0.2) is 0 Å². The van der Waals surface area contributed by atoms with E-state index in [1.807, 2.05) is 0 Å². The number of hydrogen-bond donors (Lipinski definition) is 1. The number of alkyl halides is 6. The van der Waals surface area contributed by atoms with Crippen LogP contribution < -0.4 is 10.1 Å². The number of hydrogen-bond acceptors (Lipinski definition) is 3. The highest BCUT2D eigenvalue weighted by atomic mass is 35.5. The zero-order valence-electron chi connectivity index (χ0n) is 20.0. The van der Waals surface area contributed by atoms with Crippen LogP contribution in [0.4, 0.5) is 30.7 Å². The maximum absolute atomic E-state index is 14.7. The predicted octanol–water partition coefficient (Wildman–Crippen LogP) is 8.07. The van der Waals surface area contributed by atoms with Gasteiger partial charge in [0.25, 0.3) is 0 Å². The lowest BCUT2D eigenvalue weighted by Gasteiger charge is -2.36. The van der Waals surface area contributed by atoms with E-state index in [0.717, 1.165) is 24.3 Å². The number of ether oxygens (including phenoxy) is 1. The molecule has 0 fully saturated rings. The van der Waals surface area contributed by atoms with E-state index in [1.54, 1.807) is 30.3 Å². The van der Waals surface area contributed by atoms with Crippen LogP contribution in [0.5, 0.6) is 5.75 Å². The molecule has 0 amide bonds. The lowest BCUT2D eigenvalue weighted by Crippen LogP contribution is -2.46. The molecule has 3 aromatic carbocycles. The number of aromatic nitrogens is 1. The Morgan fingerprint density at radius 1 is 0.769 bits per heavy atom. The SMILES string of the molecule is Fc1cc(C(F)(F)F)cc(C(Cc2ccccc2)(NCc2ccc(OC(F)(F)F)cc2)c2ccc(Cl)cn2)c1. The van der Waals surface area contributed by atoms with E-state index < -0.39 is 35.2 Å². The minimum absolute atomic E-state index is 0.0265. The number of nitrogens with zero attached hydrogens (tertiary/aromatic N) is 1. The zero-order chi connectivity index (χ0) is 28.3. The van der Waals surface area contributed by atoms with E-state index in [1.165, 1.54) is 30.5 Å². The van der Waals surface area contributed by atoms with Gasteiger partial charge in [-0.1, -0.05) is 54.1 Å². The monoisotopic (exact) mass is 568 g/mol. The first-order valence-electron chi connectivity index (χ1n) is 11.5. The molecule has 204 valence electrons. The summed E-state index contributed by atoms with van der Waals surface area (Å²) in [5.74, 6) is -1.53. The van der Waals surface area contributed by atoms with E-state index in [-0.39, 0.29) is 29.2 Å². The highest BCUT2D eigenvalue weighted by Gasteiger charge is 2.39. The molecule has 1 unspecified atom stereocenters. The van der Waals surface area contributed by atoms with Gasteiger partial charge in [-0.2, -0.15) is 13.2 Å².